The van der Waals surface area contributed by atoms with E-state index in [0.717, 1.165) is 122 Å². The number of Topliss-reactive ketones (excluding diaryl/α,β-unsaturated/α-hetero) is 1. The maximum atomic E-state index is 14.9. The molecule has 0 aromatic rings. The van der Waals surface area contributed by atoms with Gasteiger partial charge in [-0.25, -0.2) is 4.79 Å². The summed E-state index contributed by atoms with van der Waals surface area (Å²) in [5.41, 5.74) is 5.61. The Morgan fingerprint density at radius 2 is 1.50 bits per heavy atom. The van der Waals surface area contributed by atoms with E-state index in [0.29, 0.717) is 13.0 Å². The van der Waals surface area contributed by atoms with E-state index in [1.807, 2.05) is 0 Å². The number of likely N-dealkylation sites (tertiary alicyclic amines) is 1. The van der Waals surface area contributed by atoms with Gasteiger partial charge < -0.3 is 26.6 Å². The van der Waals surface area contributed by atoms with E-state index in [1.165, 1.54) is 6.42 Å². The lowest BCUT2D eigenvalue weighted by Crippen LogP contribution is -2.61. The van der Waals surface area contributed by atoms with Gasteiger partial charge in [0.1, 0.15) is 12.1 Å². The molecule has 5 atom stereocenters. The lowest BCUT2D eigenvalue weighted by molar-refractivity contribution is -0.144. The summed E-state index contributed by atoms with van der Waals surface area (Å²) in [7, 11) is 0. The van der Waals surface area contributed by atoms with Gasteiger partial charge in [-0.05, 0) is 105 Å². The summed E-state index contributed by atoms with van der Waals surface area (Å²) in [4.78, 5) is 70.1. The molecule has 5 saturated carbocycles. The van der Waals surface area contributed by atoms with E-state index in [1.54, 1.807) is 4.90 Å². The molecule has 280 valence electrons. The normalized spacial score (nSPS) is 28.6. The minimum Gasteiger partial charge on any atom is -0.363 e. The number of rotatable bonds is 13. The number of fused-ring (bicyclic) bond motifs is 2. The summed E-state index contributed by atoms with van der Waals surface area (Å²) in [5.74, 6) is -1.80. The average Bonchev–Trinajstić information content (AvgIpc) is 3.62. The Morgan fingerprint density at radius 3 is 2.10 bits per heavy atom. The zero-order valence-corrected chi connectivity index (χ0v) is 31.2. The average molecular weight is 696 g/mol. The molecule has 1 spiro atoms. The molecule has 5 aliphatic carbocycles. The van der Waals surface area contributed by atoms with Gasteiger partial charge in [0.15, 0.2) is 0 Å². The molecule has 6 rings (SSSR count). The highest BCUT2D eigenvalue weighted by molar-refractivity contribution is 6.37. The number of amides is 5. The van der Waals surface area contributed by atoms with Gasteiger partial charge in [0.05, 0.1) is 6.04 Å². The van der Waals surface area contributed by atoms with Gasteiger partial charge in [-0.15, -0.1) is 0 Å². The first-order valence-electron chi connectivity index (χ1n) is 20.3. The Morgan fingerprint density at radius 1 is 0.820 bits per heavy atom. The third-order valence-corrected chi connectivity index (χ3v) is 14.0. The predicted molar refractivity (Wildman–Crippen MR) is 193 cm³/mol. The Balaban J connectivity index is 1.22. The van der Waals surface area contributed by atoms with Crippen LogP contribution in [0.4, 0.5) is 4.79 Å². The van der Waals surface area contributed by atoms with Crippen LogP contribution in [0.15, 0.2) is 0 Å². The molecular weight excluding hydrogens is 630 g/mol. The van der Waals surface area contributed by atoms with Crippen molar-refractivity contribution in [1.29, 1.82) is 0 Å². The molecule has 6 fully saturated rings. The summed E-state index contributed by atoms with van der Waals surface area (Å²) in [6.45, 7) is 7.28. The second-order valence-electron chi connectivity index (χ2n) is 18.7. The van der Waals surface area contributed by atoms with Gasteiger partial charge in [0.2, 0.25) is 17.6 Å². The molecule has 1 saturated heterocycles. The number of carbonyl (C=O) groups excluding carboxylic acids is 5. The van der Waals surface area contributed by atoms with Crippen LogP contribution in [-0.2, 0) is 19.2 Å². The fourth-order valence-electron chi connectivity index (χ4n) is 10.7. The van der Waals surface area contributed by atoms with Crippen LogP contribution in [0.1, 0.15) is 156 Å². The van der Waals surface area contributed by atoms with E-state index >= 15 is 0 Å². The predicted octanol–water partition coefficient (Wildman–Crippen LogP) is 5.90. The number of hydrogen-bond acceptors (Lipinski definition) is 5. The van der Waals surface area contributed by atoms with Crippen LogP contribution in [0, 0.1) is 34.5 Å². The van der Waals surface area contributed by atoms with Crippen LogP contribution in [0.3, 0.4) is 0 Å². The Bertz CT molecular complexity index is 1270. The van der Waals surface area contributed by atoms with Crippen molar-refractivity contribution in [1.82, 2.24) is 20.9 Å². The number of carbonyl (C=O) groups is 5. The molecule has 1 heterocycles. The number of primary amides is 1. The Hall–Kier alpha value is -2.65. The second kappa shape index (κ2) is 15.1. The van der Waals surface area contributed by atoms with E-state index < -0.39 is 29.8 Å². The van der Waals surface area contributed by atoms with Crippen molar-refractivity contribution in [3.8, 4) is 0 Å². The third-order valence-electron chi connectivity index (χ3n) is 14.0. The van der Waals surface area contributed by atoms with E-state index in [-0.39, 0.29) is 57.9 Å². The summed E-state index contributed by atoms with van der Waals surface area (Å²) in [6.07, 6.45) is 20.8. The zero-order chi connectivity index (χ0) is 35.7. The summed E-state index contributed by atoms with van der Waals surface area (Å²) >= 11 is 0. The van der Waals surface area contributed by atoms with Crippen LogP contribution >= 0.6 is 0 Å². The zero-order valence-electron chi connectivity index (χ0n) is 31.2. The van der Waals surface area contributed by atoms with Crippen LogP contribution in [-0.4, -0.2) is 64.6 Å². The lowest BCUT2D eigenvalue weighted by atomic mass is 9.76. The molecule has 10 heteroatoms. The molecule has 10 nitrogen and oxygen atoms in total. The summed E-state index contributed by atoms with van der Waals surface area (Å²) < 4.78 is 0. The van der Waals surface area contributed by atoms with Crippen molar-refractivity contribution >= 4 is 29.5 Å². The Kier molecular flexibility index (Phi) is 11.2. The van der Waals surface area contributed by atoms with Crippen molar-refractivity contribution in [2.75, 3.05) is 6.54 Å². The second-order valence-corrected chi connectivity index (χ2v) is 18.7. The standard InChI is InChI=1S/C40H65N5O5/c1-38(2,3)17-11-20-40(18-8-5-9-19-40)44-37(50)43-31(27-14-6-4-7-15-27)36(49)45-25-29-28(16-21-39(29)22-23-39)32(45)35(48)42-30(33(46)34(41)47)24-26-12-10-13-26/h26-32H,4-25H2,1-3H3,(H2,41,47)(H,42,48)(H2,43,44,50)/t28-,29-,30?,31-,32-/m0/s1. The third kappa shape index (κ3) is 8.35. The molecule has 5 N–H and O–H groups in total. The maximum absolute atomic E-state index is 14.9. The van der Waals surface area contributed by atoms with Crippen molar-refractivity contribution < 1.29 is 24.0 Å². The number of hydrogen-bond donors (Lipinski definition) is 4. The van der Waals surface area contributed by atoms with E-state index in [2.05, 4.69) is 36.7 Å². The molecule has 0 aromatic carbocycles. The first kappa shape index (κ1) is 37.1. The highest BCUT2D eigenvalue weighted by Crippen LogP contribution is 2.66. The molecule has 0 radical (unpaired) electrons. The van der Waals surface area contributed by atoms with Crippen molar-refractivity contribution in [3.05, 3.63) is 0 Å². The fourth-order valence-corrected chi connectivity index (χ4v) is 10.7. The number of nitrogens with one attached hydrogen (secondary N) is 3. The number of nitrogens with two attached hydrogens (primary N) is 1. The van der Waals surface area contributed by atoms with Gasteiger partial charge in [-0.3, -0.25) is 19.2 Å². The quantitative estimate of drug-likeness (QED) is 0.177. The van der Waals surface area contributed by atoms with Crippen LogP contribution < -0.4 is 21.7 Å². The van der Waals surface area contributed by atoms with E-state index in [4.69, 9.17) is 5.73 Å². The molecule has 5 amide bonds. The van der Waals surface area contributed by atoms with E-state index in [9.17, 15) is 24.0 Å². The maximum Gasteiger partial charge on any atom is 0.315 e. The fraction of sp³-hybridized carbons (Fsp3) is 0.875. The number of urea groups is 1. The topological polar surface area (TPSA) is 151 Å². The minimum atomic E-state index is -1.04. The molecule has 0 aromatic heterocycles. The lowest BCUT2D eigenvalue weighted by Gasteiger charge is -2.40. The van der Waals surface area contributed by atoms with Gasteiger partial charge in [-0.2, -0.15) is 0 Å². The van der Waals surface area contributed by atoms with Gasteiger partial charge >= 0.3 is 6.03 Å². The van der Waals surface area contributed by atoms with Gasteiger partial charge in [-0.1, -0.05) is 85.0 Å². The van der Waals surface area contributed by atoms with Gasteiger partial charge in [0.25, 0.3) is 5.91 Å². The molecule has 6 aliphatic rings. The molecule has 1 unspecified atom stereocenters. The molecule has 0 bridgehead atoms. The van der Waals surface area contributed by atoms with Crippen LogP contribution in [0.5, 0.6) is 0 Å². The van der Waals surface area contributed by atoms with Crippen molar-refractivity contribution in [2.45, 2.75) is 179 Å². The minimum absolute atomic E-state index is 0.00337. The molecule has 50 heavy (non-hydrogen) atoms. The van der Waals surface area contributed by atoms with Crippen LogP contribution in [0.2, 0.25) is 0 Å². The Labute approximate surface area is 299 Å². The first-order chi connectivity index (χ1) is 23.8. The molecular formula is C40H65N5O5. The van der Waals surface area contributed by atoms with Gasteiger partial charge in [0, 0.05) is 12.1 Å². The highest BCUT2D eigenvalue weighted by atomic mass is 16.2. The van der Waals surface area contributed by atoms with Crippen LogP contribution in [0.25, 0.3) is 0 Å². The summed E-state index contributed by atoms with van der Waals surface area (Å²) in [6, 6.07) is -2.68. The monoisotopic (exact) mass is 695 g/mol. The summed E-state index contributed by atoms with van der Waals surface area (Å²) in [5, 5.41) is 9.61. The van der Waals surface area contributed by atoms with Crippen molar-refractivity contribution in [3.63, 3.8) is 0 Å². The van der Waals surface area contributed by atoms with Crippen molar-refractivity contribution in [2.24, 2.45) is 40.2 Å². The number of nitrogens with zero attached hydrogens (tertiary/aromatic N) is 1. The smallest absolute Gasteiger partial charge is 0.315 e. The SMILES string of the molecule is CC(C)(C)CCCC1(NC(=O)N[C@H](C(=O)N2C[C@H]3[C@H](CCC34CC4)[C@H]2C(=O)NC(CC2CCC2)C(=O)C(N)=O)C2CCCCC2)CCCCC1. The highest BCUT2D eigenvalue weighted by Gasteiger charge is 2.64. The largest absolute Gasteiger partial charge is 0.363 e. The molecule has 1 aliphatic heterocycles. The number of ketones is 1. The first-order valence-corrected chi connectivity index (χ1v) is 20.3.